The van der Waals surface area contributed by atoms with Crippen molar-refractivity contribution >= 4 is 24.7 Å². The first-order chi connectivity index (χ1) is 10.7. The van der Waals surface area contributed by atoms with Gasteiger partial charge < -0.3 is 14.0 Å². The summed E-state index contributed by atoms with van der Waals surface area (Å²) in [5.74, 6) is -0.692. The van der Waals surface area contributed by atoms with Gasteiger partial charge in [0.2, 0.25) is 0 Å². The minimum Gasteiger partial charge on any atom is -0.466 e. The first-order valence-electron chi connectivity index (χ1n) is 7.79. The summed E-state index contributed by atoms with van der Waals surface area (Å²) in [5.41, 5.74) is -0.309. The smallest absolute Gasteiger partial charge is 0.466 e. The predicted molar refractivity (Wildman–Crippen MR) is 89.3 cm³/mol. The van der Waals surface area contributed by atoms with Crippen LogP contribution in [0.4, 0.5) is 0 Å². The summed E-state index contributed by atoms with van der Waals surface area (Å²) >= 11 is 6.07. The zero-order valence-electron chi connectivity index (χ0n) is 14.3. The molecule has 23 heavy (non-hydrogen) atoms. The van der Waals surface area contributed by atoms with Crippen LogP contribution in [0.15, 0.2) is 18.3 Å². The summed E-state index contributed by atoms with van der Waals surface area (Å²) in [4.78, 5) is 16.3. The Labute approximate surface area is 142 Å². The van der Waals surface area contributed by atoms with E-state index in [1.54, 1.807) is 25.3 Å². The quantitative estimate of drug-likeness (QED) is 0.608. The first-order valence-corrected chi connectivity index (χ1v) is 8.17. The minimum atomic E-state index is -0.588. The van der Waals surface area contributed by atoms with Crippen molar-refractivity contribution in [2.45, 2.75) is 58.1 Å². The van der Waals surface area contributed by atoms with Crippen LogP contribution >= 0.6 is 11.6 Å². The van der Waals surface area contributed by atoms with Gasteiger partial charge in [0.05, 0.1) is 24.2 Å². The fourth-order valence-electron chi connectivity index (χ4n) is 2.42. The molecule has 2 rings (SSSR count). The van der Waals surface area contributed by atoms with E-state index in [1.165, 1.54) is 0 Å². The molecule has 5 nitrogen and oxygen atoms in total. The molecule has 7 heteroatoms. The number of esters is 1. The highest BCUT2D eigenvalue weighted by Gasteiger charge is 2.54. The molecule has 0 amide bonds. The Morgan fingerprint density at radius 3 is 2.48 bits per heavy atom. The third kappa shape index (κ3) is 4.05. The average Bonchev–Trinajstić information content (AvgIpc) is 2.65. The van der Waals surface area contributed by atoms with Gasteiger partial charge in [0.1, 0.15) is 0 Å². The van der Waals surface area contributed by atoms with Crippen molar-refractivity contribution in [3.05, 3.63) is 29.0 Å². The average molecular weight is 340 g/mol. The normalized spacial score (nSPS) is 20.3. The summed E-state index contributed by atoms with van der Waals surface area (Å²) in [6.45, 7) is 10.00. The Hall–Kier alpha value is -1.11. The zero-order chi connectivity index (χ0) is 17.3. The highest BCUT2D eigenvalue weighted by molar-refractivity contribution is 6.48. The number of nitrogens with zero attached hydrogens (tertiary/aromatic N) is 1. The Balaban J connectivity index is 2.29. The Morgan fingerprint density at radius 1 is 1.35 bits per heavy atom. The second-order valence-electron chi connectivity index (χ2n) is 6.64. The monoisotopic (exact) mass is 339 g/mol. The number of carbonyl (C=O) groups excluding carboxylic acids is 1. The van der Waals surface area contributed by atoms with Crippen LogP contribution in [-0.2, 0) is 18.8 Å². The molecule has 0 saturated carbocycles. The number of ether oxygens (including phenoxy) is 1. The maximum Gasteiger partial charge on any atom is 0.468 e. The van der Waals surface area contributed by atoms with Crippen molar-refractivity contribution < 1.29 is 18.8 Å². The van der Waals surface area contributed by atoms with Crippen LogP contribution in [0.2, 0.25) is 5.02 Å². The molecule has 1 aromatic heterocycles. The van der Waals surface area contributed by atoms with Crippen molar-refractivity contribution in [1.82, 2.24) is 4.98 Å². The number of aromatic nitrogens is 1. The molecule has 1 aliphatic rings. The molecule has 0 bridgehead atoms. The summed E-state index contributed by atoms with van der Waals surface area (Å²) in [7, 11) is -0.588. The third-order valence-electron chi connectivity index (χ3n) is 4.41. The Kier molecular flexibility index (Phi) is 5.39. The van der Waals surface area contributed by atoms with Crippen LogP contribution in [0.1, 0.15) is 52.6 Å². The van der Waals surface area contributed by atoms with Crippen LogP contribution in [0.3, 0.4) is 0 Å². The van der Waals surface area contributed by atoms with Crippen molar-refractivity contribution in [3.63, 3.8) is 0 Å². The van der Waals surface area contributed by atoms with E-state index in [-0.39, 0.29) is 18.2 Å². The van der Waals surface area contributed by atoms with E-state index in [0.29, 0.717) is 17.3 Å². The van der Waals surface area contributed by atoms with Gasteiger partial charge in [-0.05, 0) is 46.8 Å². The van der Waals surface area contributed by atoms with Crippen molar-refractivity contribution in [2.24, 2.45) is 0 Å². The second kappa shape index (κ2) is 6.79. The molecule has 1 aliphatic heterocycles. The van der Waals surface area contributed by atoms with Crippen LogP contribution in [-0.4, -0.2) is 35.9 Å². The predicted octanol–water partition coefficient (Wildman–Crippen LogP) is 3.40. The van der Waals surface area contributed by atoms with E-state index < -0.39 is 18.3 Å². The van der Waals surface area contributed by atoms with Gasteiger partial charge >= 0.3 is 13.1 Å². The molecule has 0 radical (unpaired) electrons. The summed E-state index contributed by atoms with van der Waals surface area (Å²) in [5, 5.41) is 0.556. The maximum absolute atomic E-state index is 12.0. The number of hydrogen-bond acceptors (Lipinski definition) is 5. The van der Waals surface area contributed by atoms with Crippen LogP contribution in [0, 0.1) is 0 Å². The van der Waals surface area contributed by atoms with Gasteiger partial charge in [0.25, 0.3) is 0 Å². The number of halogens is 1. The molecule has 0 N–H and O–H groups in total. The second-order valence-corrected chi connectivity index (χ2v) is 7.08. The fourth-order valence-corrected chi connectivity index (χ4v) is 2.58. The summed E-state index contributed by atoms with van der Waals surface area (Å²) < 4.78 is 17.2. The number of pyridine rings is 1. The van der Waals surface area contributed by atoms with E-state index in [2.05, 4.69) is 4.98 Å². The molecule has 0 aromatic carbocycles. The Morgan fingerprint density at radius 2 is 1.96 bits per heavy atom. The van der Waals surface area contributed by atoms with Crippen molar-refractivity contribution in [2.75, 3.05) is 6.61 Å². The lowest BCUT2D eigenvalue weighted by molar-refractivity contribution is -0.143. The van der Waals surface area contributed by atoms with E-state index in [1.807, 2.05) is 27.7 Å². The summed E-state index contributed by atoms with van der Waals surface area (Å²) in [6.07, 6.45) is 1.74. The minimum absolute atomic E-state index is 0.123. The molecule has 1 atom stereocenters. The lowest BCUT2D eigenvalue weighted by Gasteiger charge is -2.32. The van der Waals surface area contributed by atoms with Crippen molar-refractivity contribution in [1.29, 1.82) is 0 Å². The Bertz CT molecular complexity index is 563. The van der Waals surface area contributed by atoms with Crippen LogP contribution in [0.25, 0.3) is 0 Å². The molecule has 126 valence electrons. The molecule has 1 unspecified atom stereocenters. The van der Waals surface area contributed by atoms with E-state index in [4.69, 9.17) is 25.6 Å². The number of rotatable bonds is 5. The molecular formula is C16H23BClNO4. The number of hydrogen-bond donors (Lipinski definition) is 0. The third-order valence-corrected chi connectivity index (χ3v) is 4.65. The van der Waals surface area contributed by atoms with E-state index in [0.717, 1.165) is 0 Å². The van der Waals surface area contributed by atoms with Gasteiger partial charge in [-0.25, -0.2) is 0 Å². The molecule has 1 fully saturated rings. The van der Waals surface area contributed by atoms with Crippen LogP contribution in [0.5, 0.6) is 0 Å². The molecule has 1 saturated heterocycles. The zero-order valence-corrected chi connectivity index (χ0v) is 15.0. The largest absolute Gasteiger partial charge is 0.468 e. The molecule has 1 aromatic rings. The van der Waals surface area contributed by atoms with Gasteiger partial charge in [0.15, 0.2) is 0 Å². The van der Waals surface area contributed by atoms with Gasteiger partial charge in [-0.2, -0.15) is 0 Å². The maximum atomic E-state index is 12.0. The van der Waals surface area contributed by atoms with E-state index >= 15 is 0 Å². The molecular weight excluding hydrogens is 316 g/mol. The molecule has 0 aliphatic carbocycles. The fraction of sp³-hybridized carbons (Fsp3) is 0.625. The van der Waals surface area contributed by atoms with Gasteiger partial charge in [-0.15, -0.1) is 0 Å². The lowest BCUT2D eigenvalue weighted by Crippen LogP contribution is -2.41. The van der Waals surface area contributed by atoms with Gasteiger partial charge in [0, 0.05) is 22.7 Å². The first kappa shape index (κ1) is 18.2. The van der Waals surface area contributed by atoms with Gasteiger partial charge in [-0.3, -0.25) is 9.78 Å². The van der Waals surface area contributed by atoms with Crippen LogP contribution < -0.4 is 0 Å². The summed E-state index contributed by atoms with van der Waals surface area (Å²) in [6, 6.07) is 3.42. The molecule has 2 heterocycles. The SMILES string of the molecule is CCOC(=O)CC(B1OC(C)(C)C(C)(C)O1)c1cc(Cl)ccn1. The standard InChI is InChI=1S/C16H23BClNO4/c1-6-21-14(20)10-12(13-9-11(18)7-8-19-13)17-22-15(2,3)16(4,5)23-17/h7-9,12H,6,10H2,1-5H3. The highest BCUT2D eigenvalue weighted by Crippen LogP contribution is 2.41. The van der Waals surface area contributed by atoms with Gasteiger partial charge in [-0.1, -0.05) is 11.6 Å². The number of carbonyl (C=O) groups is 1. The topological polar surface area (TPSA) is 57.7 Å². The van der Waals surface area contributed by atoms with E-state index in [9.17, 15) is 4.79 Å². The highest BCUT2D eigenvalue weighted by atomic mass is 35.5. The van der Waals surface area contributed by atoms with Crippen molar-refractivity contribution in [3.8, 4) is 0 Å². The lowest BCUT2D eigenvalue weighted by atomic mass is 9.68. The molecule has 0 spiro atoms.